The number of nitro groups is 1. The number of sulfonamides is 2. The lowest BCUT2D eigenvalue weighted by Gasteiger charge is -2.26. The average Bonchev–Trinajstić information content (AvgIpc) is 2.69. The number of aryl methyl sites for hydroxylation is 1. The molecular formula is C17H18FN3O7S2. The summed E-state index contributed by atoms with van der Waals surface area (Å²) in [6, 6.07) is 6.48. The Morgan fingerprint density at radius 1 is 1.13 bits per heavy atom. The Labute approximate surface area is 172 Å². The summed E-state index contributed by atoms with van der Waals surface area (Å²) in [7, 11) is -8.69. The molecule has 0 saturated carbocycles. The highest BCUT2D eigenvalue weighted by Gasteiger charge is 2.31. The molecule has 1 N–H and O–H groups in total. The number of nitrogens with one attached hydrogen (secondary N) is 1. The van der Waals surface area contributed by atoms with Crippen molar-refractivity contribution in [2.45, 2.75) is 16.7 Å². The summed E-state index contributed by atoms with van der Waals surface area (Å²) < 4.78 is 73.7. The zero-order valence-electron chi connectivity index (χ0n) is 15.7. The number of benzene rings is 2. The summed E-state index contributed by atoms with van der Waals surface area (Å²) >= 11 is 0. The van der Waals surface area contributed by atoms with Gasteiger partial charge < -0.3 is 4.74 Å². The molecule has 1 saturated heterocycles. The van der Waals surface area contributed by atoms with Gasteiger partial charge in [0, 0.05) is 19.2 Å². The van der Waals surface area contributed by atoms with E-state index in [1.54, 1.807) is 0 Å². The Hall–Kier alpha value is -2.61. The molecule has 0 aromatic heterocycles. The zero-order valence-corrected chi connectivity index (χ0v) is 17.4. The highest BCUT2D eigenvalue weighted by atomic mass is 32.2. The van der Waals surface area contributed by atoms with Crippen LogP contribution in [0.15, 0.2) is 46.2 Å². The van der Waals surface area contributed by atoms with E-state index in [-0.39, 0.29) is 37.6 Å². The number of hydrogen-bond donors (Lipinski definition) is 1. The van der Waals surface area contributed by atoms with E-state index in [1.165, 1.54) is 19.1 Å². The molecule has 1 fully saturated rings. The molecule has 1 heterocycles. The molecule has 1 aliphatic heterocycles. The zero-order chi connectivity index (χ0) is 22.1. The largest absolute Gasteiger partial charge is 0.379 e. The Kier molecular flexibility index (Phi) is 6.08. The van der Waals surface area contributed by atoms with Gasteiger partial charge in [-0.05, 0) is 30.7 Å². The van der Waals surface area contributed by atoms with Crippen molar-refractivity contribution in [3.8, 4) is 0 Å². The monoisotopic (exact) mass is 459 g/mol. The number of hydrogen-bond acceptors (Lipinski definition) is 7. The Morgan fingerprint density at radius 2 is 1.80 bits per heavy atom. The predicted molar refractivity (Wildman–Crippen MR) is 105 cm³/mol. The molecule has 0 aliphatic carbocycles. The first-order chi connectivity index (χ1) is 14.0. The molecule has 13 heteroatoms. The van der Waals surface area contributed by atoms with Crippen LogP contribution >= 0.6 is 0 Å². The number of morpholine rings is 1. The highest BCUT2D eigenvalue weighted by Crippen LogP contribution is 2.30. The second kappa shape index (κ2) is 8.26. The van der Waals surface area contributed by atoms with Gasteiger partial charge in [-0.3, -0.25) is 14.8 Å². The number of nitro benzene ring substituents is 1. The van der Waals surface area contributed by atoms with Crippen molar-refractivity contribution in [1.82, 2.24) is 4.31 Å². The average molecular weight is 459 g/mol. The van der Waals surface area contributed by atoms with E-state index in [0.29, 0.717) is 0 Å². The van der Waals surface area contributed by atoms with Crippen molar-refractivity contribution in [2.24, 2.45) is 0 Å². The number of anilines is 1. The van der Waals surface area contributed by atoms with Crippen LogP contribution in [-0.2, 0) is 24.8 Å². The quantitative estimate of drug-likeness (QED) is 0.514. The normalized spacial score (nSPS) is 15.7. The SMILES string of the molecule is Cc1cccc([N+](=O)[O-])c1S(=O)(=O)Nc1ccc(F)c(S(=O)(=O)N2CCOCC2)c1. The third kappa shape index (κ3) is 4.28. The van der Waals surface area contributed by atoms with E-state index in [2.05, 4.69) is 4.72 Å². The molecule has 0 spiro atoms. The van der Waals surface area contributed by atoms with Crippen molar-refractivity contribution >= 4 is 31.4 Å². The van der Waals surface area contributed by atoms with Gasteiger partial charge in [-0.15, -0.1) is 0 Å². The lowest BCUT2D eigenvalue weighted by molar-refractivity contribution is -0.387. The van der Waals surface area contributed by atoms with Gasteiger partial charge >= 0.3 is 0 Å². The van der Waals surface area contributed by atoms with Crippen molar-refractivity contribution in [1.29, 1.82) is 0 Å². The predicted octanol–water partition coefficient (Wildman–Crippen LogP) is 1.86. The van der Waals surface area contributed by atoms with E-state index < -0.39 is 46.3 Å². The molecule has 10 nitrogen and oxygen atoms in total. The van der Waals surface area contributed by atoms with Crippen molar-refractivity contribution < 1.29 is 30.9 Å². The van der Waals surface area contributed by atoms with Crippen LogP contribution in [0.25, 0.3) is 0 Å². The van der Waals surface area contributed by atoms with E-state index >= 15 is 0 Å². The standard InChI is InChI=1S/C17H18FN3O7S2/c1-12-3-2-4-15(21(22)23)17(12)29(24,25)19-13-5-6-14(18)16(11-13)30(26,27)20-7-9-28-10-8-20/h2-6,11,19H,7-10H2,1H3. The highest BCUT2D eigenvalue weighted by molar-refractivity contribution is 7.93. The second-order valence-electron chi connectivity index (χ2n) is 6.45. The second-order valence-corrected chi connectivity index (χ2v) is 9.97. The van der Waals surface area contributed by atoms with Crippen molar-refractivity contribution in [3.05, 3.63) is 57.9 Å². The first-order valence-corrected chi connectivity index (χ1v) is 11.6. The summed E-state index contributed by atoms with van der Waals surface area (Å²) in [6.45, 7) is 1.77. The molecule has 2 aromatic rings. The van der Waals surface area contributed by atoms with E-state index in [0.717, 1.165) is 28.6 Å². The topological polar surface area (TPSA) is 136 Å². The minimum atomic E-state index is -4.46. The van der Waals surface area contributed by atoms with Crippen LogP contribution in [0.5, 0.6) is 0 Å². The minimum Gasteiger partial charge on any atom is -0.379 e. The maximum absolute atomic E-state index is 14.3. The van der Waals surface area contributed by atoms with Crippen LogP contribution in [0.4, 0.5) is 15.8 Å². The third-order valence-corrected chi connectivity index (χ3v) is 7.91. The molecule has 162 valence electrons. The van der Waals surface area contributed by atoms with Gasteiger partial charge in [-0.1, -0.05) is 12.1 Å². The smallest absolute Gasteiger partial charge is 0.290 e. The summed E-state index contributed by atoms with van der Waals surface area (Å²) in [5.41, 5.74) is -0.758. The number of rotatable bonds is 6. The van der Waals surface area contributed by atoms with Crippen LogP contribution in [0.3, 0.4) is 0 Å². The fourth-order valence-corrected chi connectivity index (χ4v) is 5.97. The van der Waals surface area contributed by atoms with Gasteiger partial charge in [0.25, 0.3) is 15.7 Å². The summed E-state index contributed by atoms with van der Waals surface area (Å²) in [6.07, 6.45) is 0. The molecule has 3 rings (SSSR count). The molecular weight excluding hydrogens is 441 g/mol. The minimum absolute atomic E-state index is 0.0349. The summed E-state index contributed by atoms with van der Waals surface area (Å²) in [4.78, 5) is 9.15. The summed E-state index contributed by atoms with van der Waals surface area (Å²) in [5, 5.41) is 11.2. The van der Waals surface area contributed by atoms with E-state index in [4.69, 9.17) is 4.74 Å². The van der Waals surface area contributed by atoms with Gasteiger partial charge in [-0.2, -0.15) is 4.31 Å². The first kappa shape index (κ1) is 22.1. The van der Waals surface area contributed by atoms with E-state index in [1.807, 2.05) is 0 Å². The Bertz CT molecular complexity index is 1190. The molecule has 0 radical (unpaired) electrons. The maximum atomic E-state index is 14.3. The van der Waals surface area contributed by atoms with Crippen LogP contribution in [0.1, 0.15) is 5.56 Å². The summed E-state index contributed by atoms with van der Waals surface area (Å²) in [5.74, 6) is -1.05. The van der Waals surface area contributed by atoms with Gasteiger partial charge in [0.05, 0.1) is 23.8 Å². The molecule has 0 bridgehead atoms. The van der Waals surface area contributed by atoms with Crippen LogP contribution < -0.4 is 4.72 Å². The molecule has 1 aliphatic rings. The lowest BCUT2D eigenvalue weighted by Crippen LogP contribution is -2.40. The maximum Gasteiger partial charge on any atom is 0.290 e. The van der Waals surface area contributed by atoms with Gasteiger partial charge in [0.2, 0.25) is 10.0 Å². The molecule has 30 heavy (non-hydrogen) atoms. The lowest BCUT2D eigenvalue weighted by atomic mass is 10.2. The van der Waals surface area contributed by atoms with Gasteiger partial charge in [-0.25, -0.2) is 21.2 Å². The molecule has 0 unspecified atom stereocenters. The van der Waals surface area contributed by atoms with Crippen LogP contribution in [0, 0.1) is 22.9 Å². The van der Waals surface area contributed by atoms with Crippen LogP contribution in [-0.4, -0.2) is 52.4 Å². The van der Waals surface area contributed by atoms with Gasteiger partial charge in [0.1, 0.15) is 10.7 Å². The van der Waals surface area contributed by atoms with Gasteiger partial charge in [0.15, 0.2) is 4.90 Å². The fourth-order valence-electron chi connectivity index (χ4n) is 3.03. The Morgan fingerprint density at radius 3 is 2.43 bits per heavy atom. The van der Waals surface area contributed by atoms with Crippen molar-refractivity contribution in [3.63, 3.8) is 0 Å². The van der Waals surface area contributed by atoms with E-state index in [9.17, 15) is 31.3 Å². The van der Waals surface area contributed by atoms with Crippen LogP contribution in [0.2, 0.25) is 0 Å². The molecule has 2 aromatic carbocycles. The fraction of sp³-hybridized carbons (Fsp3) is 0.294. The molecule has 0 amide bonds. The molecule has 0 atom stereocenters. The van der Waals surface area contributed by atoms with Crippen molar-refractivity contribution in [2.75, 3.05) is 31.0 Å². The number of halogens is 1. The Balaban J connectivity index is 2.01. The first-order valence-electron chi connectivity index (χ1n) is 8.68. The number of nitrogens with zero attached hydrogens (tertiary/aromatic N) is 2. The number of ether oxygens (including phenoxy) is 1. The third-order valence-electron chi connectivity index (χ3n) is 4.43.